The minimum Gasteiger partial charge on any atom is -0.496 e. The molecule has 180 valence electrons. The van der Waals surface area contributed by atoms with E-state index in [1.54, 1.807) is 20.1 Å². The number of esters is 1. The summed E-state index contributed by atoms with van der Waals surface area (Å²) in [5.74, 6) is -0.283. The third-order valence-electron chi connectivity index (χ3n) is 5.23. The van der Waals surface area contributed by atoms with E-state index in [0.29, 0.717) is 21.5 Å². The van der Waals surface area contributed by atoms with Crippen molar-refractivity contribution in [1.82, 2.24) is 9.88 Å². The zero-order valence-electron chi connectivity index (χ0n) is 19.3. The number of rotatable bonds is 8. The number of ether oxygens (including phenoxy) is 2. The molecule has 0 aliphatic carbocycles. The maximum Gasteiger partial charge on any atom is 0.333 e. The van der Waals surface area contributed by atoms with E-state index in [1.165, 1.54) is 22.0 Å². The van der Waals surface area contributed by atoms with Crippen LogP contribution in [0.4, 0.5) is 0 Å². The summed E-state index contributed by atoms with van der Waals surface area (Å²) < 4.78 is 12.6. The van der Waals surface area contributed by atoms with Gasteiger partial charge in [0.25, 0.3) is 5.56 Å². The van der Waals surface area contributed by atoms with E-state index in [2.05, 4.69) is 5.32 Å². The van der Waals surface area contributed by atoms with Crippen molar-refractivity contribution in [3.63, 3.8) is 0 Å². The van der Waals surface area contributed by atoms with E-state index >= 15 is 0 Å². The number of aromatic nitrogens is 1. The highest BCUT2D eigenvalue weighted by Gasteiger charge is 2.13. The lowest BCUT2D eigenvalue weighted by Gasteiger charge is -2.08. The zero-order chi connectivity index (χ0) is 24.8. The molecule has 0 saturated carbocycles. The van der Waals surface area contributed by atoms with Gasteiger partial charge in [0.15, 0.2) is 0 Å². The van der Waals surface area contributed by atoms with Gasteiger partial charge in [-0.15, -0.1) is 22.7 Å². The molecule has 0 fully saturated rings. The number of amides is 1. The third kappa shape index (κ3) is 5.70. The highest BCUT2D eigenvalue weighted by Crippen LogP contribution is 2.28. The van der Waals surface area contributed by atoms with Crippen molar-refractivity contribution in [3.8, 4) is 5.75 Å². The van der Waals surface area contributed by atoms with E-state index in [9.17, 15) is 14.4 Å². The van der Waals surface area contributed by atoms with E-state index in [1.807, 2.05) is 53.9 Å². The molecule has 7 nitrogen and oxygen atoms in total. The van der Waals surface area contributed by atoms with Gasteiger partial charge in [0.2, 0.25) is 5.91 Å². The highest BCUT2D eigenvalue weighted by atomic mass is 32.1. The molecule has 4 aromatic rings. The Labute approximate surface area is 209 Å². The molecule has 1 amide bonds. The van der Waals surface area contributed by atoms with Crippen LogP contribution in [0.25, 0.3) is 22.9 Å². The topological polar surface area (TPSA) is 86.6 Å². The summed E-state index contributed by atoms with van der Waals surface area (Å²) in [7, 11) is 1.58. The number of carbonyl (C=O) groups excluding carboxylic acids is 2. The number of nitrogens with one attached hydrogen (secondary N) is 1. The second kappa shape index (κ2) is 11.2. The monoisotopic (exact) mass is 508 g/mol. The van der Waals surface area contributed by atoms with Gasteiger partial charge >= 0.3 is 5.97 Å². The Morgan fingerprint density at radius 1 is 1.11 bits per heavy atom. The van der Waals surface area contributed by atoms with Crippen LogP contribution >= 0.6 is 22.7 Å². The van der Waals surface area contributed by atoms with Crippen molar-refractivity contribution >= 4 is 57.5 Å². The summed E-state index contributed by atoms with van der Waals surface area (Å²) >= 11 is 2.66. The van der Waals surface area contributed by atoms with E-state index in [0.717, 1.165) is 32.5 Å². The van der Waals surface area contributed by atoms with E-state index in [4.69, 9.17) is 9.47 Å². The molecule has 35 heavy (non-hydrogen) atoms. The molecular weight excluding hydrogens is 484 g/mol. The SMILES string of the molecule is CCOC(=O)/C=c1/s/c(=C\c2c(OC)ccc3ccccc23)c(=O)n1CC(=O)NCc1cccs1. The maximum atomic E-state index is 13.4. The Kier molecular flexibility index (Phi) is 7.79. The fourth-order valence-corrected chi connectivity index (χ4v) is 5.27. The first kappa shape index (κ1) is 24.4. The van der Waals surface area contributed by atoms with Crippen LogP contribution in [0.1, 0.15) is 17.4 Å². The highest BCUT2D eigenvalue weighted by molar-refractivity contribution is 7.09. The molecule has 4 rings (SSSR count). The van der Waals surface area contributed by atoms with E-state index < -0.39 is 5.97 Å². The van der Waals surface area contributed by atoms with Gasteiger partial charge < -0.3 is 14.8 Å². The minimum absolute atomic E-state index is 0.207. The molecule has 0 aliphatic rings. The standard InChI is InChI=1S/C26H24N2O5S2/c1-3-33-25(30)14-24-28(16-23(29)27-15-18-8-6-12-34-18)26(31)22(35-24)13-20-19-9-5-4-7-17(19)10-11-21(20)32-2/h4-14H,3,15-16H2,1-2H3,(H,27,29)/b22-13-,24-14+. The van der Waals surface area contributed by atoms with Gasteiger partial charge in [0.05, 0.1) is 30.9 Å². The summed E-state index contributed by atoms with van der Waals surface area (Å²) in [6.45, 7) is 2.07. The molecule has 2 aromatic heterocycles. The Morgan fingerprint density at radius 2 is 1.94 bits per heavy atom. The summed E-state index contributed by atoms with van der Waals surface area (Å²) in [5.41, 5.74) is 0.382. The van der Waals surface area contributed by atoms with Crippen LogP contribution in [0.2, 0.25) is 0 Å². The molecule has 0 aliphatic heterocycles. The summed E-state index contributed by atoms with van der Waals surface area (Å²) in [6.07, 6.45) is 3.00. The van der Waals surface area contributed by atoms with Crippen molar-refractivity contribution in [2.45, 2.75) is 20.0 Å². The lowest BCUT2D eigenvalue weighted by molar-refractivity contribution is -0.135. The molecule has 2 aromatic carbocycles. The number of hydrogen-bond donors (Lipinski definition) is 1. The molecule has 0 saturated heterocycles. The zero-order valence-corrected chi connectivity index (χ0v) is 20.9. The lowest BCUT2D eigenvalue weighted by atomic mass is 10.0. The Morgan fingerprint density at radius 3 is 2.69 bits per heavy atom. The van der Waals surface area contributed by atoms with Crippen LogP contribution < -0.4 is 24.8 Å². The average Bonchev–Trinajstić information content (AvgIpc) is 3.47. The van der Waals surface area contributed by atoms with E-state index in [-0.39, 0.29) is 24.6 Å². The molecule has 9 heteroatoms. The second-order valence-corrected chi connectivity index (χ2v) is 9.59. The second-order valence-electron chi connectivity index (χ2n) is 7.50. The van der Waals surface area contributed by atoms with Gasteiger partial charge in [0.1, 0.15) is 17.0 Å². The smallest absolute Gasteiger partial charge is 0.333 e. The number of thiophene rings is 1. The number of carbonyl (C=O) groups is 2. The summed E-state index contributed by atoms with van der Waals surface area (Å²) in [6, 6.07) is 15.4. The number of hydrogen-bond acceptors (Lipinski definition) is 7. The van der Waals surface area contributed by atoms with Gasteiger partial charge in [-0.3, -0.25) is 14.2 Å². The molecular formula is C26H24N2O5S2. The molecule has 2 heterocycles. The molecule has 0 bridgehead atoms. The third-order valence-corrected chi connectivity index (χ3v) is 7.17. The summed E-state index contributed by atoms with van der Waals surface area (Å²) in [4.78, 5) is 39.2. The molecule has 0 atom stereocenters. The largest absolute Gasteiger partial charge is 0.496 e. The van der Waals surface area contributed by atoms with Gasteiger partial charge in [-0.1, -0.05) is 36.4 Å². The molecule has 0 radical (unpaired) electrons. The quantitative estimate of drug-likeness (QED) is 0.370. The van der Waals surface area contributed by atoms with Crippen LogP contribution in [0.3, 0.4) is 0 Å². The molecule has 0 unspecified atom stereocenters. The number of thiazole rings is 1. The molecule has 0 spiro atoms. The van der Waals surface area contributed by atoms with Gasteiger partial charge in [-0.25, -0.2) is 4.79 Å². The van der Waals surface area contributed by atoms with Crippen LogP contribution in [0.15, 0.2) is 58.7 Å². The lowest BCUT2D eigenvalue weighted by Crippen LogP contribution is -2.38. The number of methoxy groups -OCH3 is 1. The van der Waals surface area contributed by atoms with Crippen molar-refractivity contribution in [2.24, 2.45) is 0 Å². The Balaban J connectivity index is 1.79. The fraction of sp³-hybridized carbons (Fsp3) is 0.192. The van der Waals surface area contributed by atoms with Crippen LogP contribution in [0, 0.1) is 0 Å². The van der Waals surface area contributed by atoms with Gasteiger partial charge in [0, 0.05) is 10.4 Å². The first-order chi connectivity index (χ1) is 17.0. The first-order valence-corrected chi connectivity index (χ1v) is 12.6. The number of nitrogens with zero attached hydrogens (tertiary/aromatic N) is 1. The van der Waals surface area contributed by atoms with Crippen molar-refractivity contribution in [1.29, 1.82) is 0 Å². The Hall–Kier alpha value is -3.69. The maximum absolute atomic E-state index is 13.4. The minimum atomic E-state index is -0.573. The predicted octanol–water partition coefficient (Wildman–Crippen LogP) is 2.62. The molecule has 1 N–H and O–H groups in total. The predicted molar refractivity (Wildman–Crippen MR) is 139 cm³/mol. The van der Waals surface area contributed by atoms with Crippen LogP contribution in [-0.4, -0.2) is 30.2 Å². The number of fused-ring (bicyclic) bond motifs is 1. The summed E-state index contributed by atoms with van der Waals surface area (Å²) in [5, 5.41) is 6.68. The van der Waals surface area contributed by atoms with Crippen molar-refractivity contribution in [3.05, 3.63) is 83.9 Å². The first-order valence-electron chi connectivity index (χ1n) is 10.9. The van der Waals surface area contributed by atoms with Crippen LogP contribution in [0.5, 0.6) is 5.75 Å². The number of benzene rings is 2. The van der Waals surface area contributed by atoms with Crippen molar-refractivity contribution < 1.29 is 19.1 Å². The van der Waals surface area contributed by atoms with Crippen LogP contribution in [-0.2, 0) is 27.4 Å². The fourth-order valence-electron chi connectivity index (χ4n) is 3.61. The van der Waals surface area contributed by atoms with Gasteiger partial charge in [-0.2, -0.15) is 0 Å². The normalized spacial score (nSPS) is 12.2. The average molecular weight is 509 g/mol. The van der Waals surface area contributed by atoms with Crippen molar-refractivity contribution in [2.75, 3.05) is 13.7 Å². The Bertz CT molecular complexity index is 1530. The van der Waals surface area contributed by atoms with Gasteiger partial charge in [-0.05, 0) is 41.3 Å².